The summed E-state index contributed by atoms with van der Waals surface area (Å²) in [6.45, 7) is 1.87. The van der Waals surface area contributed by atoms with Gasteiger partial charge < -0.3 is 14.8 Å². The van der Waals surface area contributed by atoms with E-state index in [1.54, 1.807) is 24.8 Å². The topological polar surface area (TPSA) is 71.8 Å². The van der Waals surface area contributed by atoms with Crippen molar-refractivity contribution in [1.29, 1.82) is 0 Å². The van der Waals surface area contributed by atoms with Crippen molar-refractivity contribution in [2.45, 2.75) is 18.9 Å². The van der Waals surface area contributed by atoms with Crippen LogP contribution in [0, 0.1) is 0 Å². The van der Waals surface area contributed by atoms with Gasteiger partial charge in [0.1, 0.15) is 0 Å². The zero-order valence-corrected chi connectivity index (χ0v) is 18.5. The number of hydrogen-bond donors (Lipinski definition) is 1. The monoisotopic (exact) mass is 435 g/mol. The highest BCUT2D eigenvalue weighted by atomic mass is 15.3. The first-order valence-electron chi connectivity index (χ1n) is 11.3. The van der Waals surface area contributed by atoms with Crippen LogP contribution in [0.15, 0.2) is 73.4 Å². The van der Waals surface area contributed by atoms with E-state index >= 15 is 0 Å². The van der Waals surface area contributed by atoms with Crippen LogP contribution in [0.3, 0.4) is 0 Å². The second-order valence-corrected chi connectivity index (χ2v) is 8.60. The standard InChI is InChI=1S/C26H25N7/c1-32-12-5-18-3-4-19(15-24(18)32)22-16-21(17-23-25(22)28-11-10-27-23)31-20-6-13-33(14-7-20)26-29-8-2-9-30-26/h2-5,8-12,15-17,20,31H,6-7,13-14H2,1H3. The second kappa shape index (κ2) is 8.16. The van der Waals surface area contributed by atoms with Crippen LogP contribution in [0.2, 0.25) is 0 Å². The summed E-state index contributed by atoms with van der Waals surface area (Å²) in [7, 11) is 2.08. The molecule has 0 bridgehead atoms. The van der Waals surface area contributed by atoms with Gasteiger partial charge in [-0.15, -0.1) is 0 Å². The summed E-state index contributed by atoms with van der Waals surface area (Å²) >= 11 is 0. The molecule has 5 aromatic rings. The van der Waals surface area contributed by atoms with Crippen LogP contribution < -0.4 is 10.2 Å². The van der Waals surface area contributed by atoms with Crippen molar-refractivity contribution >= 4 is 33.6 Å². The van der Waals surface area contributed by atoms with Gasteiger partial charge in [-0.2, -0.15) is 0 Å². The van der Waals surface area contributed by atoms with Gasteiger partial charge in [-0.25, -0.2) is 9.97 Å². The van der Waals surface area contributed by atoms with Crippen molar-refractivity contribution < 1.29 is 0 Å². The number of aryl methyl sites for hydroxylation is 1. The van der Waals surface area contributed by atoms with E-state index < -0.39 is 0 Å². The maximum Gasteiger partial charge on any atom is 0.225 e. The third-order valence-electron chi connectivity index (χ3n) is 6.47. The number of nitrogens with one attached hydrogen (secondary N) is 1. The lowest BCUT2D eigenvalue weighted by atomic mass is 10.00. The fourth-order valence-electron chi connectivity index (χ4n) is 4.72. The number of hydrogen-bond acceptors (Lipinski definition) is 6. The Bertz CT molecular complexity index is 1420. The number of benzene rings is 2. The van der Waals surface area contributed by atoms with Crippen LogP contribution in [0.25, 0.3) is 33.1 Å². The van der Waals surface area contributed by atoms with Crippen molar-refractivity contribution in [1.82, 2.24) is 24.5 Å². The maximum absolute atomic E-state index is 4.66. The van der Waals surface area contributed by atoms with E-state index in [-0.39, 0.29) is 0 Å². The smallest absolute Gasteiger partial charge is 0.225 e. The molecule has 6 rings (SSSR count). The van der Waals surface area contributed by atoms with Gasteiger partial charge >= 0.3 is 0 Å². The van der Waals surface area contributed by atoms with Crippen molar-refractivity contribution in [2.24, 2.45) is 7.05 Å². The highest BCUT2D eigenvalue weighted by Gasteiger charge is 2.21. The molecule has 1 fully saturated rings. The molecule has 0 aliphatic carbocycles. The Morgan fingerprint density at radius 1 is 0.879 bits per heavy atom. The van der Waals surface area contributed by atoms with Crippen molar-refractivity contribution in [2.75, 3.05) is 23.3 Å². The molecule has 0 atom stereocenters. The van der Waals surface area contributed by atoms with Crippen LogP contribution in [0.5, 0.6) is 0 Å². The van der Waals surface area contributed by atoms with E-state index in [1.165, 1.54) is 10.9 Å². The molecule has 0 spiro atoms. The van der Waals surface area contributed by atoms with Crippen LogP contribution >= 0.6 is 0 Å². The summed E-state index contributed by atoms with van der Waals surface area (Å²) in [5.41, 5.74) is 6.36. The number of nitrogens with zero attached hydrogens (tertiary/aromatic N) is 6. The molecular formula is C26H25N7. The molecule has 1 saturated heterocycles. The van der Waals surface area contributed by atoms with Crippen LogP contribution in [0.1, 0.15) is 12.8 Å². The third kappa shape index (κ3) is 3.75. The summed E-state index contributed by atoms with van der Waals surface area (Å²) in [6.07, 6.45) is 11.3. The van der Waals surface area contributed by atoms with Gasteiger partial charge in [0.05, 0.1) is 11.0 Å². The molecular weight excluding hydrogens is 410 g/mol. The van der Waals surface area contributed by atoms with E-state index in [4.69, 9.17) is 0 Å². The lowest BCUT2D eigenvalue weighted by Gasteiger charge is -2.32. The predicted molar refractivity (Wildman–Crippen MR) is 132 cm³/mol. The number of aromatic nitrogens is 5. The van der Waals surface area contributed by atoms with Crippen molar-refractivity contribution in [3.63, 3.8) is 0 Å². The van der Waals surface area contributed by atoms with Gasteiger partial charge in [-0.3, -0.25) is 9.97 Å². The normalized spacial score (nSPS) is 14.8. The number of fused-ring (bicyclic) bond motifs is 2. The molecule has 0 unspecified atom stereocenters. The Labute approximate surface area is 192 Å². The minimum absolute atomic E-state index is 0.391. The molecule has 7 heteroatoms. The van der Waals surface area contributed by atoms with Gasteiger partial charge in [0, 0.05) is 73.9 Å². The van der Waals surface area contributed by atoms with E-state index in [9.17, 15) is 0 Å². The molecule has 0 amide bonds. The lowest BCUT2D eigenvalue weighted by molar-refractivity contribution is 0.520. The van der Waals surface area contributed by atoms with Crippen molar-refractivity contribution in [3.8, 4) is 11.1 Å². The first kappa shape index (κ1) is 19.7. The molecule has 164 valence electrons. The summed E-state index contributed by atoms with van der Waals surface area (Å²) < 4.78 is 2.15. The molecule has 2 aromatic carbocycles. The number of piperidine rings is 1. The SMILES string of the molecule is Cn1ccc2ccc(-c3cc(NC4CCN(c5ncccn5)CC4)cc4nccnc34)cc21. The molecule has 33 heavy (non-hydrogen) atoms. The molecule has 1 N–H and O–H groups in total. The van der Waals surface area contributed by atoms with Crippen LogP contribution in [-0.4, -0.2) is 43.6 Å². The highest BCUT2D eigenvalue weighted by Crippen LogP contribution is 2.33. The molecule has 1 aliphatic heterocycles. The third-order valence-corrected chi connectivity index (χ3v) is 6.47. The largest absolute Gasteiger partial charge is 0.382 e. The van der Waals surface area contributed by atoms with E-state index in [0.29, 0.717) is 6.04 Å². The van der Waals surface area contributed by atoms with Gasteiger partial charge in [-0.1, -0.05) is 12.1 Å². The fourth-order valence-corrected chi connectivity index (χ4v) is 4.72. The Kier molecular flexibility index (Phi) is 4.87. The van der Waals surface area contributed by atoms with Gasteiger partial charge in [0.25, 0.3) is 0 Å². The van der Waals surface area contributed by atoms with Gasteiger partial charge in [0.15, 0.2) is 0 Å². The predicted octanol–water partition coefficient (Wildman–Crippen LogP) is 4.66. The maximum atomic E-state index is 4.66. The summed E-state index contributed by atoms with van der Waals surface area (Å²) in [5, 5.41) is 4.99. The summed E-state index contributed by atoms with van der Waals surface area (Å²) in [6, 6.07) is 15.3. The fraction of sp³-hybridized carbons (Fsp3) is 0.231. The van der Waals surface area contributed by atoms with Gasteiger partial charge in [-0.05, 0) is 54.1 Å². The van der Waals surface area contributed by atoms with Crippen molar-refractivity contribution in [3.05, 3.63) is 73.4 Å². The van der Waals surface area contributed by atoms with Gasteiger partial charge in [0.2, 0.25) is 5.95 Å². The first-order chi connectivity index (χ1) is 16.2. The second-order valence-electron chi connectivity index (χ2n) is 8.60. The molecule has 4 heterocycles. The first-order valence-corrected chi connectivity index (χ1v) is 11.3. The zero-order valence-electron chi connectivity index (χ0n) is 18.5. The average Bonchev–Trinajstić information content (AvgIpc) is 3.24. The van der Waals surface area contributed by atoms with E-state index in [0.717, 1.165) is 59.7 Å². The number of anilines is 2. The Balaban J connectivity index is 1.30. The molecule has 0 saturated carbocycles. The number of rotatable bonds is 4. The Morgan fingerprint density at radius 3 is 2.55 bits per heavy atom. The molecule has 7 nitrogen and oxygen atoms in total. The Hall–Kier alpha value is -4.00. The molecule has 1 aliphatic rings. The summed E-state index contributed by atoms with van der Waals surface area (Å²) in [5.74, 6) is 0.815. The quantitative estimate of drug-likeness (QED) is 0.443. The minimum atomic E-state index is 0.391. The van der Waals surface area contributed by atoms with Crippen LogP contribution in [-0.2, 0) is 7.05 Å². The summed E-state index contributed by atoms with van der Waals surface area (Å²) in [4.78, 5) is 20.3. The molecule has 3 aromatic heterocycles. The zero-order chi connectivity index (χ0) is 22.2. The molecule has 0 radical (unpaired) electrons. The van der Waals surface area contributed by atoms with Crippen LogP contribution in [0.4, 0.5) is 11.6 Å². The average molecular weight is 436 g/mol. The minimum Gasteiger partial charge on any atom is -0.382 e. The van der Waals surface area contributed by atoms with E-state index in [1.807, 2.05) is 6.07 Å². The lowest BCUT2D eigenvalue weighted by Crippen LogP contribution is -2.39. The Morgan fingerprint density at radius 2 is 1.70 bits per heavy atom. The highest BCUT2D eigenvalue weighted by molar-refractivity contribution is 5.97. The van der Waals surface area contributed by atoms with E-state index in [2.05, 4.69) is 84.4 Å².